The first kappa shape index (κ1) is 11.5. The van der Waals surface area contributed by atoms with Gasteiger partial charge in [0.05, 0.1) is 18.1 Å². The molecule has 1 amide bonds. The average Bonchev–Trinajstić information content (AvgIpc) is 3.13. The van der Waals surface area contributed by atoms with Crippen LogP contribution in [-0.2, 0) is 9.53 Å². The van der Waals surface area contributed by atoms with Crippen molar-refractivity contribution in [1.82, 2.24) is 0 Å². The van der Waals surface area contributed by atoms with Crippen molar-refractivity contribution < 1.29 is 9.53 Å². The minimum atomic E-state index is 0.0945. The molecule has 3 aliphatic heterocycles. The topological polar surface area (TPSA) is 29.5 Å². The van der Waals surface area contributed by atoms with Gasteiger partial charge < -0.3 is 9.64 Å². The number of carbonyl (C=O) groups is 1. The number of ether oxygens (including phenoxy) is 1. The number of benzene rings is 1. The fourth-order valence-electron chi connectivity index (χ4n) is 3.93. The molecule has 0 aliphatic carbocycles. The van der Waals surface area contributed by atoms with Gasteiger partial charge in [0.15, 0.2) is 0 Å². The van der Waals surface area contributed by atoms with E-state index >= 15 is 0 Å². The van der Waals surface area contributed by atoms with Gasteiger partial charge in [0.1, 0.15) is 0 Å². The molecular formula is C16H19NO2. The Morgan fingerprint density at radius 3 is 2.89 bits per heavy atom. The molecule has 3 heterocycles. The third-order valence-electron chi connectivity index (χ3n) is 4.90. The summed E-state index contributed by atoms with van der Waals surface area (Å²) in [6.45, 7) is 3.02. The molecule has 100 valence electrons. The number of hydrogen-bond donors (Lipinski definition) is 0. The number of fused-ring (bicyclic) bond motifs is 3. The van der Waals surface area contributed by atoms with Gasteiger partial charge >= 0.3 is 0 Å². The van der Waals surface area contributed by atoms with Crippen LogP contribution >= 0.6 is 0 Å². The van der Waals surface area contributed by atoms with Gasteiger partial charge in [0.25, 0.3) is 0 Å². The molecule has 0 radical (unpaired) electrons. The van der Waals surface area contributed by atoms with Crippen LogP contribution in [0.25, 0.3) is 0 Å². The van der Waals surface area contributed by atoms with E-state index in [2.05, 4.69) is 25.1 Å². The largest absolute Gasteiger partial charge is 0.374 e. The molecule has 1 aromatic rings. The lowest BCUT2D eigenvalue weighted by molar-refractivity contribution is -0.123. The Morgan fingerprint density at radius 2 is 2.16 bits per heavy atom. The van der Waals surface area contributed by atoms with Crippen molar-refractivity contribution in [1.29, 1.82) is 0 Å². The molecule has 3 heteroatoms. The highest BCUT2D eigenvalue weighted by Crippen LogP contribution is 2.43. The van der Waals surface area contributed by atoms with Gasteiger partial charge in [-0.2, -0.15) is 0 Å². The summed E-state index contributed by atoms with van der Waals surface area (Å²) in [5.41, 5.74) is 2.42. The third-order valence-corrected chi connectivity index (χ3v) is 4.90. The highest BCUT2D eigenvalue weighted by molar-refractivity contribution is 5.98. The van der Waals surface area contributed by atoms with Gasteiger partial charge in [-0.15, -0.1) is 0 Å². The quantitative estimate of drug-likeness (QED) is 0.774. The summed E-state index contributed by atoms with van der Waals surface area (Å²) in [4.78, 5) is 14.8. The zero-order valence-electron chi connectivity index (χ0n) is 11.2. The van der Waals surface area contributed by atoms with Crippen molar-refractivity contribution in [3.63, 3.8) is 0 Å². The van der Waals surface area contributed by atoms with Crippen LogP contribution in [0.5, 0.6) is 0 Å². The van der Waals surface area contributed by atoms with E-state index in [1.165, 1.54) is 5.56 Å². The number of carbonyl (C=O) groups excluding carboxylic acids is 1. The Morgan fingerprint density at radius 1 is 1.32 bits per heavy atom. The fraction of sp³-hybridized carbons (Fsp3) is 0.562. The van der Waals surface area contributed by atoms with E-state index in [0.717, 1.165) is 31.5 Å². The van der Waals surface area contributed by atoms with Crippen molar-refractivity contribution >= 4 is 11.6 Å². The van der Waals surface area contributed by atoms with Gasteiger partial charge in [0, 0.05) is 18.2 Å². The number of hydrogen-bond acceptors (Lipinski definition) is 2. The first-order valence-electron chi connectivity index (χ1n) is 7.30. The van der Waals surface area contributed by atoms with Crippen LogP contribution in [0.4, 0.5) is 5.69 Å². The Labute approximate surface area is 113 Å². The van der Waals surface area contributed by atoms with Crippen LogP contribution in [-0.4, -0.2) is 24.7 Å². The molecule has 2 saturated heterocycles. The Hall–Kier alpha value is -1.35. The lowest BCUT2D eigenvalue weighted by atomic mass is 9.88. The summed E-state index contributed by atoms with van der Waals surface area (Å²) < 4.78 is 5.83. The Balaban J connectivity index is 1.62. The van der Waals surface area contributed by atoms with E-state index in [1.54, 1.807) is 0 Å². The standard InChI is InChI=1S/C16H19NO2/c1-10-9-17(14-5-3-2-4-12(10)14)16(18)13-8-11-6-7-15(13)19-11/h2-5,10-11,13,15H,6-9H2,1H3. The Kier molecular flexibility index (Phi) is 2.46. The zero-order valence-corrected chi connectivity index (χ0v) is 11.2. The second kappa shape index (κ2) is 4.07. The predicted molar refractivity (Wildman–Crippen MR) is 73.2 cm³/mol. The Bertz CT molecular complexity index is 527. The maximum Gasteiger partial charge on any atom is 0.232 e. The summed E-state index contributed by atoms with van der Waals surface area (Å²) in [5.74, 6) is 0.820. The molecule has 4 rings (SSSR count). The number of anilines is 1. The number of nitrogens with zero attached hydrogens (tertiary/aromatic N) is 1. The van der Waals surface area contributed by atoms with Crippen LogP contribution in [0.3, 0.4) is 0 Å². The second-order valence-electron chi connectivity index (χ2n) is 6.12. The average molecular weight is 257 g/mol. The molecule has 0 N–H and O–H groups in total. The fourth-order valence-corrected chi connectivity index (χ4v) is 3.93. The van der Waals surface area contributed by atoms with Crippen LogP contribution in [0.1, 0.15) is 37.7 Å². The SMILES string of the molecule is CC1CN(C(=O)C2CC3CCC2O3)c2ccccc21. The molecule has 3 nitrogen and oxygen atoms in total. The molecule has 1 aromatic carbocycles. The maximum absolute atomic E-state index is 12.8. The van der Waals surface area contributed by atoms with E-state index in [1.807, 2.05) is 11.0 Å². The van der Waals surface area contributed by atoms with E-state index in [-0.39, 0.29) is 17.9 Å². The second-order valence-corrected chi connectivity index (χ2v) is 6.12. The molecular weight excluding hydrogens is 238 g/mol. The van der Waals surface area contributed by atoms with Gasteiger partial charge in [-0.3, -0.25) is 4.79 Å². The maximum atomic E-state index is 12.8. The van der Waals surface area contributed by atoms with Crippen LogP contribution < -0.4 is 4.90 Å². The zero-order chi connectivity index (χ0) is 13.0. The molecule has 4 unspecified atom stereocenters. The van der Waals surface area contributed by atoms with E-state index in [9.17, 15) is 4.79 Å². The van der Waals surface area contributed by atoms with Crippen molar-refractivity contribution in [3.05, 3.63) is 29.8 Å². The first-order valence-corrected chi connectivity index (χ1v) is 7.30. The lowest BCUT2D eigenvalue weighted by Gasteiger charge is -2.25. The van der Waals surface area contributed by atoms with Gasteiger partial charge in [-0.25, -0.2) is 0 Å². The molecule has 0 saturated carbocycles. The third kappa shape index (κ3) is 1.64. The van der Waals surface area contributed by atoms with Crippen LogP contribution in [0, 0.1) is 5.92 Å². The van der Waals surface area contributed by atoms with Gasteiger partial charge in [-0.05, 0) is 30.9 Å². The van der Waals surface area contributed by atoms with Crippen LogP contribution in [0.15, 0.2) is 24.3 Å². The minimum Gasteiger partial charge on any atom is -0.374 e. The molecule has 2 fully saturated rings. The number of para-hydroxylation sites is 1. The highest BCUT2D eigenvalue weighted by atomic mass is 16.5. The molecule has 4 atom stereocenters. The molecule has 2 bridgehead atoms. The van der Waals surface area contributed by atoms with E-state index < -0.39 is 0 Å². The number of amides is 1. The number of rotatable bonds is 1. The van der Waals surface area contributed by atoms with Crippen molar-refractivity contribution in [3.8, 4) is 0 Å². The summed E-state index contributed by atoms with van der Waals surface area (Å²) in [6, 6.07) is 8.30. The molecule has 0 aromatic heterocycles. The minimum absolute atomic E-state index is 0.0945. The van der Waals surface area contributed by atoms with Crippen molar-refractivity contribution in [2.24, 2.45) is 5.92 Å². The molecule has 0 spiro atoms. The summed E-state index contributed by atoms with van der Waals surface area (Å²) in [6.07, 6.45) is 3.65. The van der Waals surface area contributed by atoms with Crippen molar-refractivity contribution in [2.75, 3.05) is 11.4 Å². The molecule has 19 heavy (non-hydrogen) atoms. The van der Waals surface area contributed by atoms with Gasteiger partial charge in [0.2, 0.25) is 5.91 Å². The predicted octanol–water partition coefficient (Wildman–Crippen LogP) is 2.70. The smallest absolute Gasteiger partial charge is 0.232 e. The lowest BCUT2D eigenvalue weighted by Crippen LogP contribution is -2.39. The summed E-state index contributed by atoms with van der Waals surface area (Å²) in [7, 11) is 0. The van der Waals surface area contributed by atoms with Crippen molar-refractivity contribution in [2.45, 2.75) is 44.3 Å². The molecule has 3 aliphatic rings. The highest BCUT2D eigenvalue weighted by Gasteiger charge is 2.47. The summed E-state index contributed by atoms with van der Waals surface area (Å²) >= 11 is 0. The monoisotopic (exact) mass is 257 g/mol. The van der Waals surface area contributed by atoms with Gasteiger partial charge in [-0.1, -0.05) is 25.1 Å². The van der Waals surface area contributed by atoms with E-state index in [0.29, 0.717) is 12.0 Å². The first-order chi connectivity index (χ1) is 9.24. The normalized spacial score (nSPS) is 35.7. The van der Waals surface area contributed by atoms with E-state index in [4.69, 9.17) is 4.74 Å². The van der Waals surface area contributed by atoms with Crippen LogP contribution in [0.2, 0.25) is 0 Å². The summed E-state index contributed by atoms with van der Waals surface area (Å²) in [5, 5.41) is 0.